The summed E-state index contributed by atoms with van der Waals surface area (Å²) in [6.07, 6.45) is 7.43. The van der Waals surface area contributed by atoms with Crippen molar-refractivity contribution in [3.8, 4) is 0 Å². The summed E-state index contributed by atoms with van der Waals surface area (Å²) in [6.45, 7) is 9.03. The predicted molar refractivity (Wildman–Crippen MR) is 167 cm³/mol. The molecule has 2 aliphatic rings. The zero-order valence-corrected chi connectivity index (χ0v) is 25.9. The van der Waals surface area contributed by atoms with Gasteiger partial charge >= 0.3 is 0 Å². The van der Waals surface area contributed by atoms with E-state index < -0.39 is 18.2 Å². The maximum Gasteiger partial charge on any atom is 0.243 e. The first-order chi connectivity index (χ1) is 20.2. The van der Waals surface area contributed by atoms with Crippen molar-refractivity contribution in [2.24, 2.45) is 5.92 Å². The van der Waals surface area contributed by atoms with Gasteiger partial charge < -0.3 is 25.4 Å². The van der Waals surface area contributed by atoms with Gasteiger partial charge in [-0.1, -0.05) is 86.9 Å². The second kappa shape index (κ2) is 14.9. The van der Waals surface area contributed by atoms with Gasteiger partial charge in [0.25, 0.3) is 0 Å². The number of carbonyl (C=O) groups is 2. The van der Waals surface area contributed by atoms with E-state index in [1.165, 1.54) is 22.3 Å². The number of benzene rings is 2. The molecule has 3 N–H and O–H groups in total. The average molecular weight is 576 g/mol. The summed E-state index contributed by atoms with van der Waals surface area (Å²) < 4.78 is 6.37. The fourth-order valence-electron chi connectivity index (χ4n) is 6.42. The van der Waals surface area contributed by atoms with Crippen LogP contribution in [0.3, 0.4) is 0 Å². The Morgan fingerprint density at radius 1 is 1.17 bits per heavy atom. The predicted octanol–water partition coefficient (Wildman–Crippen LogP) is 5.10. The van der Waals surface area contributed by atoms with Crippen LogP contribution in [0.1, 0.15) is 85.9 Å². The first-order valence-corrected chi connectivity index (χ1v) is 15.6. The average Bonchev–Trinajstić information content (AvgIpc) is 3.32. The van der Waals surface area contributed by atoms with Gasteiger partial charge in [-0.15, -0.1) is 0 Å². The van der Waals surface area contributed by atoms with Gasteiger partial charge in [0.1, 0.15) is 6.04 Å². The van der Waals surface area contributed by atoms with Crippen LogP contribution < -0.4 is 10.6 Å². The number of fused-ring (bicyclic) bond motifs is 5. The van der Waals surface area contributed by atoms with Crippen LogP contribution in [0.25, 0.3) is 0 Å². The van der Waals surface area contributed by atoms with E-state index in [4.69, 9.17) is 4.74 Å². The van der Waals surface area contributed by atoms with Crippen LogP contribution in [0.2, 0.25) is 0 Å². The molecule has 4 rings (SSSR count). The number of hydrogen-bond acceptors (Lipinski definition) is 5. The number of amides is 2. The molecule has 0 spiro atoms. The summed E-state index contributed by atoms with van der Waals surface area (Å²) in [7, 11) is 1.72. The van der Waals surface area contributed by atoms with Crippen LogP contribution in [-0.4, -0.2) is 60.2 Å². The number of ether oxygens (including phenoxy) is 1. The molecule has 0 aromatic heterocycles. The lowest BCUT2D eigenvalue weighted by Gasteiger charge is -2.32. The van der Waals surface area contributed by atoms with Crippen LogP contribution in [0.4, 0.5) is 0 Å². The fraction of sp³-hybridized carbons (Fsp3) is 0.543. The van der Waals surface area contributed by atoms with Crippen LogP contribution in [0.5, 0.6) is 0 Å². The summed E-state index contributed by atoms with van der Waals surface area (Å²) in [5.74, 6) is -0.455. The van der Waals surface area contributed by atoms with Gasteiger partial charge in [0.15, 0.2) is 0 Å². The standard InChI is InChI=1S/C35H49N3O4/c1-6-7-13-24(3)35(41)38(5)30-16-11-12-17-42-32-21-28(27-19-23(2)18-25(4)33(27)32)36-22-31(39)29(37-34(30)40)20-26-14-9-8-10-15-26/h8-12,14-15,18-19,24,28-32,36,39H,6-7,13,16-17,20-22H2,1-5H3,(H,37,40)/t24-,28+,29-,30-,31+,32-/m0/s1. The highest BCUT2D eigenvalue weighted by atomic mass is 16.5. The van der Waals surface area contributed by atoms with E-state index in [0.29, 0.717) is 26.0 Å². The minimum Gasteiger partial charge on any atom is -0.390 e. The third kappa shape index (κ3) is 7.88. The third-order valence-corrected chi connectivity index (χ3v) is 8.82. The highest BCUT2D eigenvalue weighted by Crippen LogP contribution is 2.43. The number of nitrogens with zero attached hydrogens (tertiary/aromatic N) is 1. The van der Waals surface area contributed by atoms with E-state index >= 15 is 0 Å². The highest BCUT2D eigenvalue weighted by molar-refractivity contribution is 5.88. The van der Waals surface area contributed by atoms with Crippen molar-refractivity contribution in [2.75, 3.05) is 20.2 Å². The van der Waals surface area contributed by atoms with E-state index in [1.807, 2.05) is 49.4 Å². The number of likely N-dealkylation sites (N-methyl/N-ethyl adjacent to an activating group) is 1. The highest BCUT2D eigenvalue weighted by Gasteiger charge is 2.35. The van der Waals surface area contributed by atoms with Crippen molar-refractivity contribution in [1.29, 1.82) is 0 Å². The van der Waals surface area contributed by atoms with Gasteiger partial charge in [0.05, 0.1) is 24.9 Å². The first kappa shape index (κ1) is 31.9. The van der Waals surface area contributed by atoms with Crippen LogP contribution in [0, 0.1) is 19.8 Å². The molecule has 2 aromatic rings. The van der Waals surface area contributed by atoms with Crippen LogP contribution in [-0.2, 0) is 20.7 Å². The molecule has 228 valence electrons. The summed E-state index contributed by atoms with van der Waals surface area (Å²) in [4.78, 5) is 28.8. The molecule has 42 heavy (non-hydrogen) atoms. The van der Waals surface area contributed by atoms with Crippen LogP contribution >= 0.6 is 0 Å². The molecule has 2 bridgehead atoms. The van der Waals surface area contributed by atoms with E-state index in [9.17, 15) is 14.7 Å². The van der Waals surface area contributed by atoms with Gasteiger partial charge in [-0.2, -0.15) is 0 Å². The van der Waals surface area contributed by atoms with E-state index in [1.54, 1.807) is 11.9 Å². The molecular formula is C35H49N3O4. The van der Waals surface area contributed by atoms with Gasteiger partial charge in [-0.3, -0.25) is 9.59 Å². The number of rotatable bonds is 7. The Kier molecular flexibility index (Phi) is 11.4. The Labute approximate surface area is 251 Å². The lowest BCUT2D eigenvalue weighted by Crippen LogP contribution is -2.55. The van der Waals surface area contributed by atoms with E-state index in [-0.39, 0.29) is 29.9 Å². The van der Waals surface area contributed by atoms with Gasteiger partial charge in [0.2, 0.25) is 11.8 Å². The van der Waals surface area contributed by atoms with E-state index in [2.05, 4.69) is 43.5 Å². The molecular weight excluding hydrogens is 526 g/mol. The van der Waals surface area contributed by atoms with Gasteiger partial charge in [-0.05, 0) is 61.8 Å². The zero-order valence-electron chi connectivity index (χ0n) is 25.9. The Morgan fingerprint density at radius 2 is 1.93 bits per heavy atom. The Bertz CT molecular complexity index is 1230. The molecule has 1 aliphatic heterocycles. The smallest absolute Gasteiger partial charge is 0.243 e. The molecule has 7 heteroatoms. The summed E-state index contributed by atoms with van der Waals surface area (Å²) >= 11 is 0. The van der Waals surface area contributed by atoms with Crippen molar-refractivity contribution in [3.05, 3.63) is 82.4 Å². The second-order valence-corrected chi connectivity index (χ2v) is 12.2. The Morgan fingerprint density at radius 3 is 2.67 bits per heavy atom. The molecule has 2 amide bonds. The van der Waals surface area contributed by atoms with Gasteiger partial charge in [-0.25, -0.2) is 0 Å². The molecule has 0 fully saturated rings. The lowest BCUT2D eigenvalue weighted by molar-refractivity contribution is -0.142. The molecule has 1 heterocycles. The Hall–Kier alpha value is -3.00. The maximum atomic E-state index is 13.8. The van der Waals surface area contributed by atoms with E-state index in [0.717, 1.165) is 31.2 Å². The third-order valence-electron chi connectivity index (χ3n) is 8.82. The molecule has 2 aromatic carbocycles. The number of aryl methyl sites for hydroxylation is 2. The molecule has 6 atom stereocenters. The first-order valence-electron chi connectivity index (χ1n) is 15.6. The van der Waals surface area contributed by atoms with Crippen molar-refractivity contribution >= 4 is 11.8 Å². The number of unbranched alkanes of at least 4 members (excludes halogenated alkanes) is 1. The number of aliphatic hydroxyl groups excluding tert-OH is 1. The normalized spacial score (nSPS) is 25.6. The van der Waals surface area contributed by atoms with Crippen molar-refractivity contribution in [1.82, 2.24) is 15.5 Å². The Balaban J connectivity index is 1.63. The quantitative estimate of drug-likeness (QED) is 0.400. The molecule has 1 aliphatic carbocycles. The van der Waals surface area contributed by atoms with Crippen molar-refractivity contribution < 1.29 is 19.4 Å². The minimum atomic E-state index is -0.839. The summed E-state index contributed by atoms with van der Waals surface area (Å²) in [6, 6.07) is 13.1. The molecule has 0 unspecified atom stereocenters. The largest absolute Gasteiger partial charge is 0.390 e. The second-order valence-electron chi connectivity index (χ2n) is 12.2. The van der Waals surface area contributed by atoms with Gasteiger partial charge in [0, 0.05) is 25.6 Å². The number of nitrogens with one attached hydrogen (secondary N) is 2. The van der Waals surface area contributed by atoms with Crippen molar-refractivity contribution in [3.63, 3.8) is 0 Å². The SMILES string of the molecule is CCCC[C@H](C)C(=O)N(C)[C@H]1CC=CCO[C@H]2C[C@@H](NC[C@@H](O)[C@H](Cc3ccccc3)NC1=O)c1cc(C)cc(C)c12. The molecule has 7 nitrogen and oxygen atoms in total. The zero-order chi connectivity index (χ0) is 30.2. The molecule has 0 saturated heterocycles. The number of carbonyl (C=O) groups excluding carboxylic acids is 2. The number of β-amino-alcohol motifs (C(OH)–C–C–N with tert-alkyl or cyclic N) is 1. The summed E-state index contributed by atoms with van der Waals surface area (Å²) in [5.41, 5.74) is 5.90. The monoisotopic (exact) mass is 575 g/mol. The minimum absolute atomic E-state index is 0.0346. The van der Waals surface area contributed by atoms with Crippen molar-refractivity contribution in [2.45, 2.75) is 96.6 Å². The van der Waals surface area contributed by atoms with Crippen LogP contribution in [0.15, 0.2) is 54.6 Å². The molecule has 0 saturated carbocycles. The fourth-order valence-corrected chi connectivity index (χ4v) is 6.42. The number of hydrogen-bond donors (Lipinski definition) is 3. The lowest BCUT2D eigenvalue weighted by atomic mass is 9.98. The maximum absolute atomic E-state index is 13.8. The molecule has 0 radical (unpaired) electrons. The number of aliphatic hydroxyl groups is 1. The summed E-state index contributed by atoms with van der Waals surface area (Å²) in [5, 5.41) is 18.3. The topological polar surface area (TPSA) is 90.9 Å².